The molecule has 1 aromatic carbocycles. The van der Waals surface area contributed by atoms with Crippen molar-refractivity contribution in [2.24, 2.45) is 0 Å². The van der Waals surface area contributed by atoms with Crippen LogP contribution in [0, 0.1) is 0 Å². The molecule has 3 N–H and O–H groups in total. The zero-order valence-corrected chi connectivity index (χ0v) is 18.7. The summed E-state index contributed by atoms with van der Waals surface area (Å²) in [5.41, 5.74) is 1.23. The highest BCUT2D eigenvalue weighted by Gasteiger charge is 2.36. The second-order valence-electron chi connectivity index (χ2n) is 9.37. The first-order chi connectivity index (χ1) is 15.8. The van der Waals surface area contributed by atoms with Gasteiger partial charge in [0.2, 0.25) is 0 Å². The van der Waals surface area contributed by atoms with Crippen molar-refractivity contribution in [3.8, 4) is 11.5 Å². The predicted molar refractivity (Wildman–Crippen MR) is 121 cm³/mol. The monoisotopic (exact) mass is 452 g/mol. The number of hydrogen-bond acceptors (Lipinski definition) is 7. The van der Waals surface area contributed by atoms with Crippen molar-refractivity contribution in [3.05, 3.63) is 47.9 Å². The van der Waals surface area contributed by atoms with E-state index in [0.717, 1.165) is 18.4 Å². The molecular formula is C24H28N4O5. The molecule has 1 saturated carbocycles. The molecule has 9 nitrogen and oxygen atoms in total. The second kappa shape index (κ2) is 8.31. The maximum atomic E-state index is 13.1. The Morgan fingerprint density at radius 1 is 1.27 bits per heavy atom. The maximum Gasteiger partial charge on any atom is 0.261 e. The van der Waals surface area contributed by atoms with E-state index in [9.17, 15) is 15.0 Å². The molecule has 1 amide bonds. The van der Waals surface area contributed by atoms with E-state index in [-0.39, 0.29) is 24.2 Å². The molecule has 1 fully saturated rings. The highest BCUT2D eigenvalue weighted by molar-refractivity contribution is 6.08. The summed E-state index contributed by atoms with van der Waals surface area (Å²) in [4.78, 5) is 17.4. The molecule has 33 heavy (non-hydrogen) atoms. The summed E-state index contributed by atoms with van der Waals surface area (Å²) in [6, 6.07) is 5.38. The summed E-state index contributed by atoms with van der Waals surface area (Å²) in [7, 11) is 0. The zero-order valence-electron chi connectivity index (χ0n) is 18.7. The number of aliphatic hydroxyl groups excluding tert-OH is 1. The Balaban J connectivity index is 1.45. The molecule has 5 rings (SSSR count). The highest BCUT2D eigenvalue weighted by Crippen LogP contribution is 2.41. The molecule has 3 aromatic rings. The van der Waals surface area contributed by atoms with Gasteiger partial charge in [0.15, 0.2) is 5.65 Å². The van der Waals surface area contributed by atoms with E-state index in [1.807, 2.05) is 6.07 Å². The van der Waals surface area contributed by atoms with Crippen LogP contribution in [0.3, 0.4) is 0 Å². The number of carbonyl (C=O) groups is 1. The number of amides is 1. The average Bonchev–Trinajstić information content (AvgIpc) is 3.39. The minimum Gasteiger partial charge on any atom is -0.488 e. The Bertz CT molecular complexity index is 1180. The number of hydrogen-bond donors (Lipinski definition) is 3. The normalized spacial score (nSPS) is 22.6. The third kappa shape index (κ3) is 4.38. The minimum atomic E-state index is -1.01. The fourth-order valence-corrected chi connectivity index (χ4v) is 4.38. The van der Waals surface area contributed by atoms with Gasteiger partial charge >= 0.3 is 0 Å². The van der Waals surface area contributed by atoms with E-state index in [2.05, 4.69) is 15.4 Å². The van der Waals surface area contributed by atoms with Crippen LogP contribution in [0.15, 0.2) is 36.8 Å². The van der Waals surface area contributed by atoms with E-state index in [1.54, 1.807) is 42.9 Å². The number of ether oxygens (including phenoxy) is 2. The third-order valence-electron chi connectivity index (χ3n) is 6.33. The van der Waals surface area contributed by atoms with Crippen molar-refractivity contribution in [2.45, 2.75) is 69.9 Å². The van der Waals surface area contributed by atoms with Crippen molar-refractivity contribution < 1.29 is 24.5 Å². The van der Waals surface area contributed by atoms with E-state index >= 15 is 0 Å². The molecule has 174 valence electrons. The largest absolute Gasteiger partial charge is 0.488 e. The quantitative estimate of drug-likeness (QED) is 0.545. The number of aromatic nitrogens is 3. The summed E-state index contributed by atoms with van der Waals surface area (Å²) < 4.78 is 13.8. The SMILES string of the molecule is CC(C)(O)C1Cc2cc(NC(=O)c3cnn4cccnc34)c(OC3CCC(O)CC3)cc2O1. The van der Waals surface area contributed by atoms with Gasteiger partial charge in [0.1, 0.15) is 23.2 Å². The number of carbonyl (C=O) groups excluding carboxylic acids is 1. The van der Waals surface area contributed by atoms with Gasteiger partial charge in [-0.1, -0.05) is 0 Å². The first-order valence-electron chi connectivity index (χ1n) is 11.3. The van der Waals surface area contributed by atoms with Gasteiger partial charge in [0, 0.05) is 30.4 Å². The van der Waals surface area contributed by atoms with Gasteiger partial charge in [-0.2, -0.15) is 5.10 Å². The lowest BCUT2D eigenvalue weighted by Gasteiger charge is -2.27. The average molecular weight is 453 g/mol. The van der Waals surface area contributed by atoms with Crippen LogP contribution in [0.25, 0.3) is 5.65 Å². The molecule has 1 unspecified atom stereocenters. The number of aliphatic hydroxyl groups is 2. The van der Waals surface area contributed by atoms with Crippen LogP contribution in [0.4, 0.5) is 5.69 Å². The van der Waals surface area contributed by atoms with E-state index in [4.69, 9.17) is 9.47 Å². The number of anilines is 1. The van der Waals surface area contributed by atoms with Gasteiger partial charge in [0.25, 0.3) is 5.91 Å². The second-order valence-corrected chi connectivity index (χ2v) is 9.37. The molecule has 2 aromatic heterocycles. The molecule has 0 saturated heterocycles. The highest BCUT2D eigenvalue weighted by atomic mass is 16.5. The number of fused-ring (bicyclic) bond motifs is 2. The number of benzene rings is 1. The lowest BCUT2D eigenvalue weighted by atomic mass is 9.95. The first-order valence-corrected chi connectivity index (χ1v) is 11.3. The molecule has 1 aliphatic heterocycles. The maximum absolute atomic E-state index is 13.1. The zero-order chi connectivity index (χ0) is 23.2. The smallest absolute Gasteiger partial charge is 0.261 e. The Kier molecular flexibility index (Phi) is 5.46. The molecule has 2 aliphatic rings. The van der Waals surface area contributed by atoms with Crippen LogP contribution in [-0.2, 0) is 6.42 Å². The Morgan fingerprint density at radius 2 is 2.06 bits per heavy atom. The first kappa shape index (κ1) is 21.7. The van der Waals surface area contributed by atoms with Gasteiger partial charge in [-0.3, -0.25) is 4.79 Å². The summed E-state index contributed by atoms with van der Waals surface area (Å²) in [6.45, 7) is 3.43. The van der Waals surface area contributed by atoms with Gasteiger partial charge in [-0.05, 0) is 51.7 Å². The lowest BCUT2D eigenvalue weighted by Crippen LogP contribution is -2.39. The van der Waals surface area contributed by atoms with E-state index < -0.39 is 5.60 Å². The summed E-state index contributed by atoms with van der Waals surface area (Å²) in [6.07, 6.45) is 7.45. The molecule has 9 heteroatoms. The molecule has 0 spiro atoms. The van der Waals surface area contributed by atoms with Crippen LogP contribution in [-0.4, -0.2) is 54.6 Å². The summed E-state index contributed by atoms with van der Waals surface area (Å²) in [5, 5.41) is 27.4. The van der Waals surface area contributed by atoms with Gasteiger partial charge < -0.3 is 25.0 Å². The molecule has 0 bridgehead atoms. The fraction of sp³-hybridized carbons (Fsp3) is 0.458. The Hall–Kier alpha value is -3.17. The van der Waals surface area contributed by atoms with Crippen LogP contribution < -0.4 is 14.8 Å². The van der Waals surface area contributed by atoms with Crippen molar-refractivity contribution >= 4 is 17.2 Å². The molecule has 1 aliphatic carbocycles. The number of nitrogens with one attached hydrogen (secondary N) is 1. The van der Waals surface area contributed by atoms with Crippen LogP contribution in [0.5, 0.6) is 11.5 Å². The third-order valence-corrected chi connectivity index (χ3v) is 6.33. The predicted octanol–water partition coefficient (Wildman–Crippen LogP) is 2.74. The van der Waals surface area contributed by atoms with Crippen LogP contribution in [0.1, 0.15) is 55.5 Å². The summed E-state index contributed by atoms with van der Waals surface area (Å²) >= 11 is 0. The molecule has 1 atom stereocenters. The fourth-order valence-electron chi connectivity index (χ4n) is 4.38. The van der Waals surface area contributed by atoms with Crippen molar-refractivity contribution in [3.63, 3.8) is 0 Å². The van der Waals surface area contributed by atoms with Gasteiger partial charge in [-0.25, -0.2) is 9.50 Å². The van der Waals surface area contributed by atoms with E-state index in [1.165, 1.54) is 6.20 Å². The number of nitrogens with zero attached hydrogens (tertiary/aromatic N) is 3. The van der Waals surface area contributed by atoms with Crippen LogP contribution in [0.2, 0.25) is 0 Å². The molecule has 0 radical (unpaired) electrons. The van der Waals surface area contributed by atoms with Gasteiger partial charge in [0.05, 0.1) is 29.7 Å². The number of rotatable bonds is 5. The Labute approximate surface area is 191 Å². The Morgan fingerprint density at radius 3 is 2.82 bits per heavy atom. The van der Waals surface area contributed by atoms with Crippen molar-refractivity contribution in [1.82, 2.24) is 14.6 Å². The topological polar surface area (TPSA) is 118 Å². The molecular weight excluding hydrogens is 424 g/mol. The van der Waals surface area contributed by atoms with Crippen LogP contribution >= 0.6 is 0 Å². The van der Waals surface area contributed by atoms with Crippen molar-refractivity contribution in [2.75, 3.05) is 5.32 Å². The standard InChI is InChI=1S/C24H28N4O5/c1-24(2,31)21-11-14-10-18(27-23(30)17-13-26-28-9-3-8-25-22(17)28)20(12-19(14)33-21)32-16-6-4-15(29)5-7-16/h3,8-10,12-13,15-16,21,29,31H,4-7,11H2,1-2H3,(H,27,30). The van der Waals surface area contributed by atoms with Crippen molar-refractivity contribution in [1.29, 1.82) is 0 Å². The lowest BCUT2D eigenvalue weighted by molar-refractivity contribution is -0.0230. The minimum absolute atomic E-state index is 0.0628. The summed E-state index contributed by atoms with van der Waals surface area (Å²) in [5.74, 6) is 0.804. The molecule has 3 heterocycles. The van der Waals surface area contributed by atoms with Gasteiger partial charge in [-0.15, -0.1) is 0 Å². The van der Waals surface area contributed by atoms with E-state index in [0.29, 0.717) is 47.7 Å².